The number of carbonyl (C=O) groups excluding carboxylic acids is 1. The largest absolute Gasteiger partial charge is 0.308 e. The monoisotopic (exact) mass is 330 g/mol. The lowest BCUT2D eigenvalue weighted by Crippen LogP contribution is -2.15. The van der Waals surface area contributed by atoms with Gasteiger partial charge in [0.15, 0.2) is 5.65 Å². The summed E-state index contributed by atoms with van der Waals surface area (Å²) >= 11 is 5.86. The van der Waals surface area contributed by atoms with Crippen LogP contribution >= 0.6 is 11.6 Å². The number of halogens is 2. The fourth-order valence-corrected chi connectivity index (χ4v) is 2.88. The van der Waals surface area contributed by atoms with Crippen molar-refractivity contribution in [1.29, 1.82) is 0 Å². The number of hydrogen-bond acceptors (Lipinski definition) is 3. The molecule has 23 heavy (non-hydrogen) atoms. The molecule has 5 nitrogen and oxygen atoms in total. The van der Waals surface area contributed by atoms with Crippen molar-refractivity contribution in [3.05, 3.63) is 52.9 Å². The summed E-state index contributed by atoms with van der Waals surface area (Å²) in [6.45, 7) is 0. The molecule has 2 heterocycles. The van der Waals surface area contributed by atoms with E-state index in [1.54, 1.807) is 12.1 Å². The maximum atomic E-state index is 13.2. The van der Waals surface area contributed by atoms with E-state index in [1.807, 2.05) is 6.07 Å². The quantitative estimate of drug-likeness (QED) is 0.772. The fourth-order valence-electron chi connectivity index (χ4n) is 2.73. The number of carbonyl (C=O) groups is 1. The summed E-state index contributed by atoms with van der Waals surface area (Å²) in [5.74, 6) is -0.188. The van der Waals surface area contributed by atoms with Crippen molar-refractivity contribution in [1.82, 2.24) is 15.0 Å². The lowest BCUT2D eigenvalue weighted by atomic mass is 10.1. The molecule has 2 aromatic heterocycles. The van der Waals surface area contributed by atoms with Gasteiger partial charge in [0.1, 0.15) is 11.3 Å². The molecule has 0 spiro atoms. The molecule has 1 aromatic carbocycles. The second-order valence-electron chi connectivity index (χ2n) is 5.60. The normalized spacial score (nSPS) is 19.7. The number of nitrogens with zero attached hydrogens (tertiary/aromatic N) is 2. The molecule has 2 atom stereocenters. The predicted molar refractivity (Wildman–Crippen MR) is 84.8 cm³/mol. The SMILES string of the molecule is O=C(Nc1nc2cc(Cl)cnc2[nH]1)C1CC1c1cccc(F)c1. The molecule has 4 rings (SSSR count). The third kappa shape index (κ3) is 2.77. The van der Waals surface area contributed by atoms with Crippen molar-refractivity contribution in [3.63, 3.8) is 0 Å². The van der Waals surface area contributed by atoms with Crippen molar-refractivity contribution in [3.8, 4) is 0 Å². The maximum absolute atomic E-state index is 13.2. The van der Waals surface area contributed by atoms with E-state index in [-0.39, 0.29) is 23.6 Å². The Morgan fingerprint density at radius 3 is 3.09 bits per heavy atom. The molecule has 7 heteroatoms. The number of aromatic nitrogens is 3. The number of hydrogen-bond donors (Lipinski definition) is 2. The van der Waals surface area contributed by atoms with E-state index in [9.17, 15) is 9.18 Å². The molecular weight excluding hydrogens is 319 g/mol. The van der Waals surface area contributed by atoms with Crippen LogP contribution in [-0.4, -0.2) is 20.9 Å². The fraction of sp³-hybridized carbons (Fsp3) is 0.188. The highest BCUT2D eigenvalue weighted by molar-refractivity contribution is 6.31. The van der Waals surface area contributed by atoms with Gasteiger partial charge in [0.2, 0.25) is 11.9 Å². The number of imidazole rings is 1. The minimum atomic E-state index is -0.284. The molecular formula is C16H12ClFN4O. The van der Waals surface area contributed by atoms with Crippen molar-refractivity contribution in [2.75, 3.05) is 5.32 Å². The van der Waals surface area contributed by atoms with Crippen molar-refractivity contribution < 1.29 is 9.18 Å². The van der Waals surface area contributed by atoms with Gasteiger partial charge in [-0.15, -0.1) is 0 Å². The Bertz CT molecular complexity index is 910. The molecule has 0 aliphatic heterocycles. The van der Waals surface area contributed by atoms with Gasteiger partial charge < -0.3 is 4.98 Å². The summed E-state index contributed by atoms with van der Waals surface area (Å²) in [4.78, 5) is 23.5. The molecule has 0 bridgehead atoms. The highest BCUT2D eigenvalue weighted by Gasteiger charge is 2.44. The third-order valence-electron chi connectivity index (χ3n) is 3.95. The number of H-pyrrole nitrogens is 1. The third-order valence-corrected chi connectivity index (χ3v) is 4.16. The van der Waals surface area contributed by atoms with E-state index in [0.717, 1.165) is 5.56 Å². The summed E-state index contributed by atoms with van der Waals surface area (Å²) in [5.41, 5.74) is 2.00. The maximum Gasteiger partial charge on any atom is 0.230 e. The van der Waals surface area contributed by atoms with Crippen LogP contribution in [0.5, 0.6) is 0 Å². The van der Waals surface area contributed by atoms with Crippen LogP contribution in [0.25, 0.3) is 11.2 Å². The first kappa shape index (κ1) is 14.1. The van der Waals surface area contributed by atoms with Crippen molar-refractivity contribution in [2.45, 2.75) is 12.3 Å². The number of pyridine rings is 1. The van der Waals surface area contributed by atoms with Crippen LogP contribution in [-0.2, 0) is 4.79 Å². The molecule has 1 aliphatic carbocycles. The van der Waals surface area contributed by atoms with Crippen molar-refractivity contribution in [2.24, 2.45) is 5.92 Å². The van der Waals surface area contributed by atoms with Gasteiger partial charge in [-0.05, 0) is 36.1 Å². The van der Waals surface area contributed by atoms with E-state index in [1.165, 1.54) is 18.3 Å². The Balaban J connectivity index is 1.48. The zero-order valence-corrected chi connectivity index (χ0v) is 12.6. The van der Waals surface area contributed by atoms with Crippen LogP contribution in [0.3, 0.4) is 0 Å². The van der Waals surface area contributed by atoms with E-state index >= 15 is 0 Å². The van der Waals surface area contributed by atoms with Crippen LogP contribution in [0.15, 0.2) is 36.5 Å². The second-order valence-corrected chi connectivity index (χ2v) is 6.04. The van der Waals surface area contributed by atoms with Gasteiger partial charge in [0.25, 0.3) is 0 Å². The molecule has 0 saturated heterocycles. The Morgan fingerprint density at radius 1 is 1.39 bits per heavy atom. The molecule has 2 N–H and O–H groups in total. The van der Waals surface area contributed by atoms with E-state index in [4.69, 9.17) is 11.6 Å². The second kappa shape index (κ2) is 5.31. The average Bonchev–Trinajstić information content (AvgIpc) is 3.22. The van der Waals surface area contributed by atoms with Gasteiger partial charge in [-0.25, -0.2) is 14.4 Å². The number of benzene rings is 1. The molecule has 0 radical (unpaired) electrons. The predicted octanol–water partition coefficient (Wildman–Crippen LogP) is 3.49. The molecule has 116 valence electrons. The van der Waals surface area contributed by atoms with Crippen LogP contribution < -0.4 is 5.32 Å². The summed E-state index contributed by atoms with van der Waals surface area (Å²) in [5, 5.41) is 3.23. The molecule has 1 fully saturated rings. The highest BCUT2D eigenvalue weighted by atomic mass is 35.5. The number of anilines is 1. The zero-order valence-electron chi connectivity index (χ0n) is 11.9. The Labute approximate surface area is 135 Å². The molecule has 3 aromatic rings. The number of amides is 1. The Kier molecular flexibility index (Phi) is 3.27. The number of nitrogens with one attached hydrogen (secondary N) is 2. The minimum absolute atomic E-state index is 0.0580. The lowest BCUT2D eigenvalue weighted by Gasteiger charge is -2.02. The molecule has 1 aliphatic rings. The van der Waals surface area contributed by atoms with Gasteiger partial charge >= 0.3 is 0 Å². The first-order valence-corrected chi connectivity index (χ1v) is 7.55. The van der Waals surface area contributed by atoms with E-state index in [0.29, 0.717) is 28.6 Å². The van der Waals surface area contributed by atoms with Gasteiger partial charge in [0.05, 0.1) is 5.02 Å². The molecule has 2 unspecified atom stereocenters. The summed E-state index contributed by atoms with van der Waals surface area (Å²) < 4.78 is 13.2. The average molecular weight is 331 g/mol. The van der Waals surface area contributed by atoms with E-state index < -0.39 is 0 Å². The van der Waals surface area contributed by atoms with Gasteiger partial charge in [-0.1, -0.05) is 23.7 Å². The summed E-state index contributed by atoms with van der Waals surface area (Å²) in [6, 6.07) is 8.04. The van der Waals surface area contributed by atoms with E-state index in [2.05, 4.69) is 20.3 Å². The lowest BCUT2D eigenvalue weighted by molar-refractivity contribution is -0.117. The highest BCUT2D eigenvalue weighted by Crippen LogP contribution is 2.48. The van der Waals surface area contributed by atoms with Crippen LogP contribution in [0.2, 0.25) is 5.02 Å². The number of fused-ring (bicyclic) bond motifs is 1. The van der Waals surface area contributed by atoms with Gasteiger partial charge in [0, 0.05) is 12.1 Å². The Morgan fingerprint density at radius 2 is 2.26 bits per heavy atom. The molecule has 1 amide bonds. The van der Waals surface area contributed by atoms with Gasteiger partial charge in [-0.3, -0.25) is 10.1 Å². The first-order chi connectivity index (χ1) is 11.1. The topological polar surface area (TPSA) is 70.7 Å². The molecule has 1 saturated carbocycles. The van der Waals surface area contributed by atoms with Crippen LogP contribution in [0.4, 0.5) is 10.3 Å². The number of rotatable bonds is 3. The van der Waals surface area contributed by atoms with Crippen LogP contribution in [0.1, 0.15) is 17.9 Å². The Hall–Kier alpha value is -2.47. The van der Waals surface area contributed by atoms with Crippen LogP contribution in [0, 0.1) is 11.7 Å². The number of aromatic amines is 1. The standard InChI is InChI=1S/C16H12ClFN4O/c17-9-5-13-14(19-7-9)21-16(20-13)22-15(23)12-6-11(12)8-2-1-3-10(18)4-8/h1-5,7,11-12H,6H2,(H2,19,20,21,22,23). The summed E-state index contributed by atoms with van der Waals surface area (Å²) in [7, 11) is 0. The summed E-state index contributed by atoms with van der Waals surface area (Å²) in [6.07, 6.45) is 2.22. The zero-order chi connectivity index (χ0) is 16.0. The minimum Gasteiger partial charge on any atom is -0.308 e. The van der Waals surface area contributed by atoms with Gasteiger partial charge in [-0.2, -0.15) is 0 Å². The first-order valence-electron chi connectivity index (χ1n) is 7.18. The van der Waals surface area contributed by atoms with Crippen molar-refractivity contribution >= 4 is 34.6 Å². The smallest absolute Gasteiger partial charge is 0.230 e.